The van der Waals surface area contributed by atoms with E-state index in [-0.39, 0.29) is 5.57 Å². The van der Waals surface area contributed by atoms with E-state index in [2.05, 4.69) is 4.74 Å². The number of hydrogen-bond acceptors (Lipinski definition) is 3. The molecule has 0 atom stereocenters. The van der Waals surface area contributed by atoms with Gasteiger partial charge in [0.25, 0.3) is 0 Å². The van der Waals surface area contributed by atoms with E-state index in [1.54, 1.807) is 6.11 Å². The molecule has 3 heteroatoms. The Hall–Kier alpha value is -3.30. The maximum absolute atomic E-state index is 11.9. The number of hydrogen-bond donors (Lipinski definition) is 0. The van der Waals surface area contributed by atoms with Gasteiger partial charge in [-0.1, -0.05) is 67.1 Å². The normalized spacial score (nSPS) is 9.05. The van der Waals surface area contributed by atoms with Gasteiger partial charge in [-0.3, -0.25) is 0 Å². The fourth-order valence-electron chi connectivity index (χ4n) is 1.97. The van der Waals surface area contributed by atoms with Crippen LogP contribution in [-0.2, 0) is 9.53 Å². The summed E-state index contributed by atoms with van der Waals surface area (Å²) in [6, 6.07) is 20.2. The molecule has 0 spiro atoms. The number of carbonyl (C=O) groups excluding carboxylic acids is 1. The molecule has 3 nitrogen and oxygen atoms in total. The minimum Gasteiger partial charge on any atom is -0.368 e. The average Bonchev–Trinajstić information content (AvgIpc) is 2.54. The summed E-state index contributed by atoms with van der Waals surface area (Å²) in [5, 5.41) is 9.34. The van der Waals surface area contributed by atoms with Crippen LogP contribution in [0.25, 0.3) is 5.57 Å². The number of nitriles is 1. The molecule has 21 heavy (non-hydrogen) atoms. The molecule has 0 saturated carbocycles. The zero-order valence-corrected chi connectivity index (χ0v) is 11.1. The Morgan fingerprint density at radius 2 is 1.43 bits per heavy atom. The molecule has 0 amide bonds. The first-order chi connectivity index (χ1) is 10.3. The first-order valence-corrected chi connectivity index (χ1v) is 6.20. The van der Waals surface area contributed by atoms with Gasteiger partial charge < -0.3 is 4.74 Å². The number of terminal acetylenes is 1. The summed E-state index contributed by atoms with van der Waals surface area (Å²) < 4.78 is 4.53. The third-order valence-corrected chi connectivity index (χ3v) is 2.84. The highest BCUT2D eigenvalue weighted by atomic mass is 16.5. The number of nitrogens with zero attached hydrogens (tertiary/aromatic N) is 1. The topological polar surface area (TPSA) is 50.1 Å². The van der Waals surface area contributed by atoms with Crippen LogP contribution in [0.4, 0.5) is 0 Å². The lowest BCUT2D eigenvalue weighted by Gasteiger charge is -2.10. The molecule has 0 aliphatic rings. The summed E-state index contributed by atoms with van der Waals surface area (Å²) >= 11 is 0. The maximum atomic E-state index is 11.9. The molecule has 2 aromatic carbocycles. The second-order valence-electron chi connectivity index (χ2n) is 4.10. The first-order valence-electron chi connectivity index (χ1n) is 6.20. The van der Waals surface area contributed by atoms with Gasteiger partial charge in [-0.25, -0.2) is 4.79 Å². The Labute approximate surface area is 123 Å². The van der Waals surface area contributed by atoms with Gasteiger partial charge in [-0.2, -0.15) is 5.26 Å². The summed E-state index contributed by atoms with van der Waals surface area (Å²) in [5.41, 5.74) is 1.87. The van der Waals surface area contributed by atoms with Gasteiger partial charge >= 0.3 is 5.97 Å². The van der Waals surface area contributed by atoms with E-state index >= 15 is 0 Å². The van der Waals surface area contributed by atoms with E-state index in [0.29, 0.717) is 5.57 Å². The highest BCUT2D eigenvalue weighted by Gasteiger charge is 2.19. The molecule has 0 bridgehead atoms. The number of carbonyl (C=O) groups is 1. The Bertz CT molecular complexity index is 706. The van der Waals surface area contributed by atoms with Crippen LogP contribution >= 0.6 is 0 Å². The Kier molecular flexibility index (Phi) is 4.54. The number of benzene rings is 2. The first kappa shape index (κ1) is 14.1. The molecule has 2 rings (SSSR count). The molecule has 0 aliphatic carbocycles. The molecule has 0 N–H and O–H groups in total. The summed E-state index contributed by atoms with van der Waals surface area (Å²) in [6.45, 7) is 0. The zero-order chi connectivity index (χ0) is 15.1. The molecule has 0 aliphatic heterocycles. The van der Waals surface area contributed by atoms with Crippen LogP contribution < -0.4 is 0 Å². The van der Waals surface area contributed by atoms with Crippen molar-refractivity contribution in [2.45, 2.75) is 0 Å². The maximum Gasteiger partial charge on any atom is 0.363 e. The smallest absolute Gasteiger partial charge is 0.363 e. The van der Waals surface area contributed by atoms with Crippen molar-refractivity contribution in [1.29, 1.82) is 5.26 Å². The van der Waals surface area contributed by atoms with Gasteiger partial charge in [0.05, 0.1) is 0 Å². The van der Waals surface area contributed by atoms with Crippen molar-refractivity contribution in [1.82, 2.24) is 0 Å². The van der Waals surface area contributed by atoms with Gasteiger partial charge in [-0.05, 0) is 11.1 Å². The minimum absolute atomic E-state index is 0.120. The van der Waals surface area contributed by atoms with E-state index in [4.69, 9.17) is 6.42 Å². The van der Waals surface area contributed by atoms with Gasteiger partial charge in [-0.15, -0.1) is 0 Å². The van der Waals surface area contributed by atoms with Crippen LogP contribution in [0, 0.1) is 23.9 Å². The average molecular weight is 273 g/mol. The van der Waals surface area contributed by atoms with Crippen LogP contribution in [0.2, 0.25) is 0 Å². The standard InChI is InChI=1S/C18H11NO2/c1-2-21-18(20)16(13-19)17(14-9-5-3-6-10-14)15-11-7-4-8-12-15/h1,3-12H. The van der Waals surface area contributed by atoms with Crippen molar-refractivity contribution in [3.8, 4) is 18.6 Å². The van der Waals surface area contributed by atoms with Crippen LogP contribution in [0.3, 0.4) is 0 Å². The molecular formula is C18H11NO2. The fourth-order valence-corrected chi connectivity index (χ4v) is 1.97. The van der Waals surface area contributed by atoms with Crippen molar-refractivity contribution in [2.75, 3.05) is 0 Å². The van der Waals surface area contributed by atoms with E-state index < -0.39 is 5.97 Å². The lowest BCUT2D eigenvalue weighted by atomic mass is 9.93. The number of esters is 1. The Morgan fingerprint density at radius 1 is 0.952 bits per heavy atom. The van der Waals surface area contributed by atoms with Gasteiger partial charge in [0, 0.05) is 5.57 Å². The summed E-state index contributed by atoms with van der Waals surface area (Å²) in [6.07, 6.45) is 6.78. The van der Waals surface area contributed by atoms with Gasteiger partial charge in [0.15, 0.2) is 0 Å². The predicted octanol–water partition coefficient (Wildman–Crippen LogP) is 3.15. The molecular weight excluding hydrogens is 262 g/mol. The SMILES string of the molecule is C#COC(=O)C(C#N)=C(c1ccccc1)c1ccccc1. The van der Waals surface area contributed by atoms with Crippen molar-refractivity contribution < 1.29 is 9.53 Å². The van der Waals surface area contributed by atoms with E-state index in [1.807, 2.05) is 66.7 Å². The van der Waals surface area contributed by atoms with Crippen LogP contribution in [0.5, 0.6) is 0 Å². The molecule has 2 aromatic rings. The highest BCUT2D eigenvalue weighted by Crippen LogP contribution is 2.27. The largest absolute Gasteiger partial charge is 0.368 e. The lowest BCUT2D eigenvalue weighted by Crippen LogP contribution is -2.06. The minimum atomic E-state index is -0.831. The van der Waals surface area contributed by atoms with Gasteiger partial charge in [0.2, 0.25) is 0 Å². The monoisotopic (exact) mass is 273 g/mol. The van der Waals surface area contributed by atoms with E-state index in [9.17, 15) is 10.1 Å². The summed E-state index contributed by atoms with van der Waals surface area (Å²) in [7, 11) is 0. The second kappa shape index (κ2) is 6.75. The van der Waals surface area contributed by atoms with Crippen molar-refractivity contribution in [2.24, 2.45) is 0 Å². The fraction of sp³-hybridized carbons (Fsp3) is 0. The Balaban J connectivity index is 2.70. The highest BCUT2D eigenvalue weighted by molar-refractivity contribution is 6.05. The van der Waals surface area contributed by atoms with Gasteiger partial charge in [0.1, 0.15) is 17.7 Å². The lowest BCUT2D eigenvalue weighted by molar-refractivity contribution is -0.131. The molecule has 100 valence electrons. The van der Waals surface area contributed by atoms with Crippen molar-refractivity contribution >= 4 is 11.5 Å². The molecule has 0 saturated heterocycles. The number of ether oxygens (including phenoxy) is 1. The zero-order valence-electron chi connectivity index (χ0n) is 11.1. The quantitative estimate of drug-likeness (QED) is 0.373. The molecule has 0 radical (unpaired) electrons. The molecule has 0 fully saturated rings. The Morgan fingerprint density at radius 3 is 1.81 bits per heavy atom. The molecule has 0 unspecified atom stereocenters. The van der Waals surface area contributed by atoms with Crippen LogP contribution in [0.15, 0.2) is 66.2 Å². The molecule has 0 aromatic heterocycles. The van der Waals surface area contributed by atoms with E-state index in [1.165, 1.54) is 0 Å². The van der Waals surface area contributed by atoms with E-state index in [0.717, 1.165) is 11.1 Å². The van der Waals surface area contributed by atoms with Crippen LogP contribution in [-0.4, -0.2) is 5.97 Å². The summed E-state index contributed by atoms with van der Waals surface area (Å²) in [5.74, 6) is -0.831. The van der Waals surface area contributed by atoms with Crippen molar-refractivity contribution in [3.05, 3.63) is 77.4 Å². The summed E-state index contributed by atoms with van der Waals surface area (Å²) in [4.78, 5) is 11.9. The third-order valence-electron chi connectivity index (χ3n) is 2.84. The third kappa shape index (κ3) is 3.18. The predicted molar refractivity (Wildman–Crippen MR) is 79.4 cm³/mol. The van der Waals surface area contributed by atoms with Crippen molar-refractivity contribution in [3.63, 3.8) is 0 Å². The molecule has 0 heterocycles. The number of rotatable bonds is 3. The second-order valence-corrected chi connectivity index (χ2v) is 4.10. The van der Waals surface area contributed by atoms with Crippen LogP contribution in [0.1, 0.15) is 11.1 Å².